The first-order chi connectivity index (χ1) is 8.38. The molecule has 0 saturated carbocycles. The highest BCUT2D eigenvalue weighted by atomic mass is 16.6. The van der Waals surface area contributed by atoms with Crippen LogP contribution in [0.3, 0.4) is 0 Å². The summed E-state index contributed by atoms with van der Waals surface area (Å²) in [5, 5.41) is 10.8. The van der Waals surface area contributed by atoms with Crippen LogP contribution in [0.5, 0.6) is 5.75 Å². The molecular formula is C11H12N2O5. The Morgan fingerprint density at radius 1 is 1.28 bits per heavy atom. The molecule has 0 atom stereocenters. The van der Waals surface area contributed by atoms with Crippen molar-refractivity contribution < 1.29 is 19.2 Å². The van der Waals surface area contributed by atoms with Gasteiger partial charge in [0.05, 0.1) is 17.7 Å². The van der Waals surface area contributed by atoms with Crippen LogP contribution in [0.15, 0.2) is 18.2 Å². The van der Waals surface area contributed by atoms with E-state index in [9.17, 15) is 19.7 Å². The van der Waals surface area contributed by atoms with Gasteiger partial charge in [0.1, 0.15) is 0 Å². The van der Waals surface area contributed by atoms with Gasteiger partial charge in [0.15, 0.2) is 5.75 Å². The Kier molecular flexibility index (Phi) is 3.98. The highest BCUT2D eigenvalue weighted by Crippen LogP contribution is 2.31. The van der Waals surface area contributed by atoms with Crippen molar-refractivity contribution in [3.05, 3.63) is 28.3 Å². The number of nitro groups is 1. The highest BCUT2D eigenvalue weighted by Gasteiger charge is 2.22. The van der Waals surface area contributed by atoms with E-state index >= 15 is 0 Å². The summed E-state index contributed by atoms with van der Waals surface area (Å²) < 4.78 is 4.83. The van der Waals surface area contributed by atoms with E-state index in [-0.39, 0.29) is 17.1 Å². The minimum atomic E-state index is -0.638. The second kappa shape index (κ2) is 5.26. The fourth-order valence-electron chi connectivity index (χ4n) is 1.55. The maximum absolute atomic E-state index is 11.3. The number of hydrogen-bond acceptors (Lipinski definition) is 5. The molecule has 0 bridgehead atoms. The number of imide groups is 1. The minimum Gasteiger partial charge on any atom is -0.490 e. The number of anilines is 1. The average molecular weight is 252 g/mol. The van der Waals surface area contributed by atoms with Gasteiger partial charge < -0.3 is 4.74 Å². The summed E-state index contributed by atoms with van der Waals surface area (Å²) >= 11 is 0. The van der Waals surface area contributed by atoms with Gasteiger partial charge in [-0.15, -0.1) is 0 Å². The summed E-state index contributed by atoms with van der Waals surface area (Å²) in [4.78, 5) is 33.7. The molecule has 0 spiro atoms. The van der Waals surface area contributed by atoms with Crippen LogP contribution in [-0.4, -0.2) is 23.8 Å². The van der Waals surface area contributed by atoms with E-state index < -0.39 is 16.7 Å². The molecule has 18 heavy (non-hydrogen) atoms. The second-order valence-electron chi connectivity index (χ2n) is 3.49. The normalized spacial score (nSPS) is 9.72. The van der Waals surface area contributed by atoms with Gasteiger partial charge in [0.25, 0.3) is 0 Å². The number of rotatable bonds is 3. The van der Waals surface area contributed by atoms with E-state index in [1.807, 2.05) is 0 Å². The second-order valence-corrected chi connectivity index (χ2v) is 3.49. The van der Waals surface area contributed by atoms with Gasteiger partial charge in [0, 0.05) is 19.9 Å². The predicted octanol–water partition coefficient (Wildman–Crippen LogP) is 1.50. The molecule has 0 radical (unpaired) electrons. The largest absolute Gasteiger partial charge is 0.490 e. The molecule has 0 fully saturated rings. The lowest BCUT2D eigenvalue weighted by Gasteiger charge is -2.17. The zero-order valence-electron chi connectivity index (χ0n) is 10.2. The maximum Gasteiger partial charge on any atom is 0.313 e. The van der Waals surface area contributed by atoms with Gasteiger partial charge in [-0.05, 0) is 12.1 Å². The van der Waals surface area contributed by atoms with E-state index in [4.69, 9.17) is 4.74 Å². The van der Waals surface area contributed by atoms with Crippen molar-refractivity contribution in [2.75, 3.05) is 12.0 Å². The molecule has 0 aliphatic carbocycles. The van der Waals surface area contributed by atoms with Crippen LogP contribution in [0.25, 0.3) is 0 Å². The molecule has 1 aromatic rings. The van der Waals surface area contributed by atoms with Crippen LogP contribution in [0.1, 0.15) is 13.8 Å². The van der Waals surface area contributed by atoms with Crippen LogP contribution in [0, 0.1) is 10.1 Å². The smallest absolute Gasteiger partial charge is 0.313 e. The quantitative estimate of drug-likeness (QED) is 0.600. The maximum atomic E-state index is 11.3. The first-order valence-corrected chi connectivity index (χ1v) is 5.02. The number of methoxy groups -OCH3 is 1. The van der Waals surface area contributed by atoms with Gasteiger partial charge in [-0.3, -0.25) is 24.6 Å². The number of carbonyl (C=O) groups is 2. The lowest BCUT2D eigenvalue weighted by molar-refractivity contribution is -0.385. The molecule has 0 aromatic heterocycles. The molecule has 7 heteroatoms. The first kappa shape index (κ1) is 13.6. The monoisotopic (exact) mass is 252 g/mol. The fourth-order valence-corrected chi connectivity index (χ4v) is 1.55. The molecule has 1 aromatic carbocycles. The number of ether oxygens (including phenoxy) is 1. The Bertz CT molecular complexity index is 498. The molecule has 0 saturated heterocycles. The van der Waals surface area contributed by atoms with Crippen LogP contribution in [0.2, 0.25) is 0 Å². The number of carbonyl (C=O) groups excluding carboxylic acids is 2. The molecule has 0 aliphatic heterocycles. The van der Waals surface area contributed by atoms with Crippen molar-refractivity contribution >= 4 is 23.2 Å². The zero-order chi connectivity index (χ0) is 13.9. The number of nitrogens with zero attached hydrogens (tertiary/aromatic N) is 2. The number of hydrogen-bond donors (Lipinski definition) is 0. The van der Waals surface area contributed by atoms with Crippen molar-refractivity contribution in [3.63, 3.8) is 0 Å². The van der Waals surface area contributed by atoms with Crippen molar-refractivity contribution in [1.29, 1.82) is 0 Å². The third-order valence-electron chi connectivity index (χ3n) is 2.25. The lowest BCUT2D eigenvalue weighted by Crippen LogP contribution is -2.33. The molecule has 2 amide bonds. The van der Waals surface area contributed by atoms with E-state index in [1.54, 1.807) is 0 Å². The van der Waals surface area contributed by atoms with Crippen LogP contribution in [-0.2, 0) is 9.59 Å². The number of nitro benzene ring substituents is 1. The summed E-state index contributed by atoms with van der Waals surface area (Å²) in [7, 11) is 1.30. The summed E-state index contributed by atoms with van der Waals surface area (Å²) in [5.74, 6) is -0.959. The first-order valence-electron chi connectivity index (χ1n) is 5.02. The van der Waals surface area contributed by atoms with E-state index in [1.165, 1.54) is 33.1 Å². The van der Waals surface area contributed by atoms with Gasteiger partial charge in [-0.1, -0.05) is 0 Å². The van der Waals surface area contributed by atoms with Crippen molar-refractivity contribution in [1.82, 2.24) is 0 Å². The number of benzene rings is 1. The molecule has 0 aliphatic rings. The molecule has 7 nitrogen and oxygen atoms in total. The molecule has 0 N–H and O–H groups in total. The molecular weight excluding hydrogens is 240 g/mol. The third kappa shape index (κ3) is 2.62. The molecule has 96 valence electrons. The highest BCUT2D eigenvalue weighted by molar-refractivity contribution is 6.13. The van der Waals surface area contributed by atoms with Gasteiger partial charge in [-0.2, -0.15) is 0 Å². The van der Waals surface area contributed by atoms with Crippen molar-refractivity contribution in [2.24, 2.45) is 0 Å². The SMILES string of the molecule is COc1ccc(N(C(C)=O)C(C)=O)cc1[N+](=O)[O-]. The van der Waals surface area contributed by atoms with E-state index in [0.717, 1.165) is 11.0 Å². The van der Waals surface area contributed by atoms with Gasteiger partial charge in [-0.25, -0.2) is 0 Å². The summed E-state index contributed by atoms with van der Waals surface area (Å²) in [5.41, 5.74) is -0.162. The zero-order valence-corrected chi connectivity index (χ0v) is 10.2. The predicted molar refractivity (Wildman–Crippen MR) is 63.5 cm³/mol. The summed E-state index contributed by atoms with van der Waals surface area (Å²) in [6, 6.07) is 3.88. The number of amides is 2. The van der Waals surface area contributed by atoms with Gasteiger partial charge >= 0.3 is 5.69 Å². The Balaban J connectivity index is 3.34. The topological polar surface area (TPSA) is 89.8 Å². The Labute approximate surface area is 103 Å². The Morgan fingerprint density at radius 3 is 2.22 bits per heavy atom. The van der Waals surface area contributed by atoms with Crippen molar-refractivity contribution in [3.8, 4) is 5.75 Å². The molecule has 1 rings (SSSR count). The molecule has 0 heterocycles. The van der Waals surface area contributed by atoms with Crippen LogP contribution < -0.4 is 9.64 Å². The van der Waals surface area contributed by atoms with Crippen molar-refractivity contribution in [2.45, 2.75) is 13.8 Å². The Morgan fingerprint density at radius 2 is 1.83 bits per heavy atom. The Hall–Kier alpha value is -2.44. The standard InChI is InChI=1S/C11H12N2O5/c1-7(14)12(8(2)15)9-4-5-11(18-3)10(6-9)13(16)17/h4-6H,1-3H3. The average Bonchev–Trinajstić information content (AvgIpc) is 2.27. The summed E-state index contributed by atoms with van der Waals surface area (Å²) in [6.45, 7) is 2.41. The third-order valence-corrected chi connectivity index (χ3v) is 2.25. The minimum absolute atomic E-state index is 0.0656. The van der Waals surface area contributed by atoms with E-state index in [0.29, 0.717) is 0 Å². The lowest BCUT2D eigenvalue weighted by atomic mass is 10.2. The van der Waals surface area contributed by atoms with Crippen LogP contribution >= 0.6 is 0 Å². The van der Waals surface area contributed by atoms with Gasteiger partial charge in [0.2, 0.25) is 11.8 Å². The summed E-state index contributed by atoms with van der Waals surface area (Å²) in [6.07, 6.45) is 0. The van der Waals surface area contributed by atoms with Crippen LogP contribution in [0.4, 0.5) is 11.4 Å². The fraction of sp³-hybridized carbons (Fsp3) is 0.273. The molecule has 0 unspecified atom stereocenters. The van der Waals surface area contributed by atoms with E-state index in [2.05, 4.69) is 0 Å².